The fourth-order valence-corrected chi connectivity index (χ4v) is 3.84. The molecule has 0 aliphatic heterocycles. The number of halogens is 1. The third kappa shape index (κ3) is 3.86. The van der Waals surface area contributed by atoms with Crippen molar-refractivity contribution >= 4 is 34.1 Å². The van der Waals surface area contributed by atoms with Gasteiger partial charge in [-0.15, -0.1) is 0 Å². The predicted octanol–water partition coefficient (Wildman–Crippen LogP) is 6.11. The summed E-state index contributed by atoms with van der Waals surface area (Å²) in [6, 6.07) is 22.3. The first-order valence-electron chi connectivity index (χ1n) is 9.83. The molecule has 0 saturated carbocycles. The molecule has 0 atom stereocenters. The minimum absolute atomic E-state index is 0.213. The van der Waals surface area contributed by atoms with Crippen LogP contribution in [0.1, 0.15) is 22.8 Å². The van der Waals surface area contributed by atoms with Crippen molar-refractivity contribution in [1.29, 1.82) is 5.26 Å². The summed E-state index contributed by atoms with van der Waals surface area (Å²) < 4.78 is 7.44. The lowest BCUT2D eigenvalue weighted by atomic mass is 10.0. The molecule has 1 aromatic heterocycles. The Morgan fingerprint density at radius 3 is 2.42 bits per heavy atom. The Labute approximate surface area is 185 Å². The average molecular weight is 430 g/mol. The zero-order valence-electron chi connectivity index (χ0n) is 17.1. The molecule has 5 nitrogen and oxygen atoms in total. The van der Waals surface area contributed by atoms with Crippen LogP contribution >= 0.6 is 11.6 Å². The van der Waals surface area contributed by atoms with Gasteiger partial charge in [0.25, 0.3) is 5.91 Å². The number of nitrogens with zero attached hydrogens (tertiary/aromatic N) is 2. The summed E-state index contributed by atoms with van der Waals surface area (Å²) in [5.74, 6) is 0.494. The van der Waals surface area contributed by atoms with Gasteiger partial charge in [-0.05, 0) is 67.1 Å². The van der Waals surface area contributed by atoms with E-state index in [1.54, 1.807) is 43.5 Å². The lowest BCUT2D eigenvalue weighted by molar-refractivity contribution is 0.102. The Hall–Kier alpha value is -3.75. The second-order valence-corrected chi connectivity index (χ2v) is 7.44. The fraction of sp³-hybridized carbons (Fsp3) is 0.120. The molecule has 1 heterocycles. The molecule has 0 bridgehead atoms. The highest BCUT2D eigenvalue weighted by Crippen LogP contribution is 2.35. The number of hydrogen-bond acceptors (Lipinski definition) is 3. The van der Waals surface area contributed by atoms with Crippen LogP contribution in [-0.2, 0) is 6.54 Å². The number of methoxy groups -OCH3 is 1. The fourth-order valence-electron chi connectivity index (χ4n) is 3.72. The van der Waals surface area contributed by atoms with Crippen LogP contribution in [0, 0.1) is 11.3 Å². The van der Waals surface area contributed by atoms with E-state index in [2.05, 4.69) is 16.0 Å². The van der Waals surface area contributed by atoms with Gasteiger partial charge in [0.2, 0.25) is 0 Å². The molecule has 0 aliphatic rings. The molecule has 3 aromatic carbocycles. The zero-order valence-corrected chi connectivity index (χ0v) is 17.9. The highest BCUT2D eigenvalue weighted by atomic mass is 35.5. The topological polar surface area (TPSA) is 67.0 Å². The molecule has 1 amide bonds. The van der Waals surface area contributed by atoms with Crippen molar-refractivity contribution in [3.63, 3.8) is 0 Å². The summed E-state index contributed by atoms with van der Waals surface area (Å²) in [7, 11) is 1.61. The van der Waals surface area contributed by atoms with E-state index in [9.17, 15) is 10.1 Å². The van der Waals surface area contributed by atoms with E-state index in [0.29, 0.717) is 34.1 Å². The van der Waals surface area contributed by atoms with E-state index in [0.717, 1.165) is 22.2 Å². The molecule has 0 fully saturated rings. The Morgan fingerprint density at radius 2 is 1.81 bits per heavy atom. The highest BCUT2D eigenvalue weighted by Gasteiger charge is 2.19. The van der Waals surface area contributed by atoms with Crippen molar-refractivity contribution in [3.05, 3.63) is 82.9 Å². The van der Waals surface area contributed by atoms with Crippen molar-refractivity contribution < 1.29 is 9.53 Å². The third-order valence-electron chi connectivity index (χ3n) is 5.22. The van der Waals surface area contributed by atoms with Crippen LogP contribution in [0.15, 0.2) is 66.7 Å². The molecule has 0 saturated heterocycles. The number of amides is 1. The second-order valence-electron chi connectivity index (χ2n) is 7.00. The van der Waals surface area contributed by atoms with Gasteiger partial charge < -0.3 is 14.6 Å². The SMILES string of the molecule is CCn1c(-c2ccc(C(=O)Nc3ccc(Cl)cc3)cc2)c(C#N)c2cc(OC)ccc21. The Balaban J connectivity index is 1.71. The van der Waals surface area contributed by atoms with Crippen molar-refractivity contribution in [3.8, 4) is 23.1 Å². The molecule has 4 aromatic rings. The number of ether oxygens (including phenoxy) is 1. The van der Waals surface area contributed by atoms with E-state index < -0.39 is 0 Å². The van der Waals surface area contributed by atoms with Crippen LogP contribution in [0.2, 0.25) is 5.02 Å². The molecule has 0 unspecified atom stereocenters. The summed E-state index contributed by atoms with van der Waals surface area (Å²) in [4.78, 5) is 12.6. The molecule has 0 spiro atoms. The number of carbonyl (C=O) groups excluding carboxylic acids is 1. The lowest BCUT2D eigenvalue weighted by Crippen LogP contribution is -2.11. The van der Waals surface area contributed by atoms with Crippen molar-refractivity contribution in [2.75, 3.05) is 12.4 Å². The summed E-state index contributed by atoms with van der Waals surface area (Å²) >= 11 is 5.89. The van der Waals surface area contributed by atoms with Gasteiger partial charge in [0, 0.05) is 28.2 Å². The lowest BCUT2D eigenvalue weighted by Gasteiger charge is -2.10. The molecule has 1 N–H and O–H groups in total. The van der Waals surface area contributed by atoms with E-state index in [4.69, 9.17) is 16.3 Å². The van der Waals surface area contributed by atoms with Gasteiger partial charge in [-0.25, -0.2) is 0 Å². The maximum absolute atomic E-state index is 12.6. The summed E-state index contributed by atoms with van der Waals surface area (Å²) in [6.45, 7) is 2.75. The van der Waals surface area contributed by atoms with E-state index >= 15 is 0 Å². The van der Waals surface area contributed by atoms with E-state index in [1.807, 2.05) is 37.3 Å². The van der Waals surface area contributed by atoms with E-state index in [1.165, 1.54) is 0 Å². The van der Waals surface area contributed by atoms with Crippen LogP contribution in [0.5, 0.6) is 5.75 Å². The number of rotatable bonds is 5. The van der Waals surface area contributed by atoms with Crippen LogP contribution in [0.25, 0.3) is 22.2 Å². The number of carbonyl (C=O) groups is 1. The second kappa shape index (κ2) is 8.55. The molecular formula is C25H20ClN3O2. The maximum atomic E-state index is 12.6. The summed E-state index contributed by atoms with van der Waals surface area (Å²) in [5.41, 5.74) is 4.46. The van der Waals surface area contributed by atoms with Crippen molar-refractivity contribution in [2.45, 2.75) is 13.5 Å². The van der Waals surface area contributed by atoms with Gasteiger partial charge in [0.1, 0.15) is 11.8 Å². The normalized spacial score (nSPS) is 10.6. The van der Waals surface area contributed by atoms with Gasteiger partial charge in [-0.3, -0.25) is 4.79 Å². The van der Waals surface area contributed by atoms with Gasteiger partial charge in [-0.2, -0.15) is 5.26 Å². The zero-order chi connectivity index (χ0) is 22.0. The molecule has 154 valence electrons. The van der Waals surface area contributed by atoms with Crippen molar-refractivity contribution in [2.24, 2.45) is 0 Å². The van der Waals surface area contributed by atoms with Crippen LogP contribution in [0.4, 0.5) is 5.69 Å². The first kappa shape index (κ1) is 20.5. The quantitative estimate of drug-likeness (QED) is 0.416. The minimum Gasteiger partial charge on any atom is -0.497 e. The maximum Gasteiger partial charge on any atom is 0.255 e. The number of hydrogen-bond donors (Lipinski definition) is 1. The minimum atomic E-state index is -0.213. The molecule has 6 heteroatoms. The number of benzene rings is 3. The van der Waals surface area contributed by atoms with Gasteiger partial charge in [-0.1, -0.05) is 23.7 Å². The highest BCUT2D eigenvalue weighted by molar-refractivity contribution is 6.30. The van der Waals surface area contributed by atoms with Crippen LogP contribution < -0.4 is 10.1 Å². The number of nitriles is 1. The first-order valence-corrected chi connectivity index (χ1v) is 10.2. The smallest absolute Gasteiger partial charge is 0.255 e. The molecule has 4 rings (SSSR count). The number of nitrogens with one attached hydrogen (secondary N) is 1. The number of anilines is 1. The predicted molar refractivity (Wildman–Crippen MR) is 124 cm³/mol. The monoisotopic (exact) mass is 429 g/mol. The Morgan fingerprint density at radius 1 is 1.10 bits per heavy atom. The molecule has 0 aliphatic carbocycles. The number of aromatic nitrogens is 1. The Bertz CT molecular complexity index is 1300. The number of aryl methyl sites for hydroxylation is 1. The van der Waals surface area contributed by atoms with Crippen LogP contribution in [-0.4, -0.2) is 17.6 Å². The molecule has 0 radical (unpaired) electrons. The standard InChI is InChI=1S/C25H20ClN3O2/c1-3-29-23-13-12-20(31-2)14-21(23)22(15-27)24(29)16-4-6-17(7-5-16)25(30)28-19-10-8-18(26)9-11-19/h4-14H,3H2,1-2H3,(H,28,30). The first-order chi connectivity index (χ1) is 15.0. The third-order valence-corrected chi connectivity index (χ3v) is 5.47. The van der Waals surface area contributed by atoms with Crippen LogP contribution in [0.3, 0.4) is 0 Å². The van der Waals surface area contributed by atoms with Crippen molar-refractivity contribution in [1.82, 2.24) is 4.57 Å². The van der Waals surface area contributed by atoms with E-state index in [-0.39, 0.29) is 5.91 Å². The molecular weight excluding hydrogens is 410 g/mol. The van der Waals surface area contributed by atoms with Gasteiger partial charge in [0.15, 0.2) is 0 Å². The number of fused-ring (bicyclic) bond motifs is 1. The Kier molecular flexibility index (Phi) is 5.66. The van der Waals surface area contributed by atoms with Gasteiger partial charge >= 0.3 is 0 Å². The summed E-state index contributed by atoms with van der Waals surface area (Å²) in [6.07, 6.45) is 0. The average Bonchev–Trinajstić information content (AvgIpc) is 3.13. The summed E-state index contributed by atoms with van der Waals surface area (Å²) in [5, 5.41) is 14.2. The molecule has 31 heavy (non-hydrogen) atoms. The largest absolute Gasteiger partial charge is 0.497 e. The van der Waals surface area contributed by atoms with Gasteiger partial charge in [0.05, 0.1) is 23.9 Å².